The fourth-order valence-corrected chi connectivity index (χ4v) is 11.9. The molecule has 76 heavy (non-hydrogen) atoms. The molecule has 0 spiro atoms. The van der Waals surface area contributed by atoms with Crippen LogP contribution in [0, 0.1) is 23.7 Å². The molecule has 3 heterocycles. The van der Waals surface area contributed by atoms with E-state index in [-0.39, 0.29) is 91.1 Å². The molecule has 3 fully saturated rings. The van der Waals surface area contributed by atoms with Crippen LogP contribution in [0.3, 0.4) is 0 Å². The fourth-order valence-electron chi connectivity index (χ4n) is 11.9. The molecule has 10 unspecified atom stereocenters. The van der Waals surface area contributed by atoms with E-state index in [4.69, 9.17) is 9.47 Å². The zero-order chi connectivity index (χ0) is 55.2. The smallest absolute Gasteiger partial charge is 0.253 e. The number of benzene rings is 2. The van der Waals surface area contributed by atoms with Gasteiger partial charge in [-0.1, -0.05) is 83.0 Å². The predicted molar refractivity (Wildman–Crippen MR) is 284 cm³/mol. The van der Waals surface area contributed by atoms with Gasteiger partial charge in [0, 0.05) is 84.5 Å². The molecule has 2 bridgehead atoms. The second-order valence-corrected chi connectivity index (χ2v) is 21.1. The first kappa shape index (κ1) is 58.8. The molecule has 3 aliphatic heterocycles. The minimum absolute atomic E-state index is 0.0231. The van der Waals surface area contributed by atoms with Crippen molar-refractivity contribution < 1.29 is 52.6 Å². The highest BCUT2D eigenvalue weighted by atomic mass is 16.5. The number of rotatable bonds is 27. The minimum Gasteiger partial charge on any atom is -0.379 e. The summed E-state index contributed by atoms with van der Waals surface area (Å²) in [6.45, 7) is 10.0. The molecule has 2 saturated heterocycles. The van der Waals surface area contributed by atoms with Crippen LogP contribution in [0.1, 0.15) is 110 Å². The summed E-state index contributed by atoms with van der Waals surface area (Å²) in [5.41, 5.74) is 2.14. The second-order valence-electron chi connectivity index (χ2n) is 21.1. The number of nitrogens with one attached hydrogen (secondary N) is 4. The largest absolute Gasteiger partial charge is 0.379 e. The zero-order valence-electron chi connectivity index (χ0n) is 45.6. The summed E-state index contributed by atoms with van der Waals surface area (Å²) < 4.78 is 12.1. The number of likely N-dealkylation sites (tertiary alicyclic amines) is 2. The van der Waals surface area contributed by atoms with Crippen molar-refractivity contribution in [2.45, 2.75) is 154 Å². The maximum absolute atomic E-state index is 14.4. The van der Waals surface area contributed by atoms with E-state index >= 15 is 0 Å². The Bertz CT molecular complexity index is 2400. The van der Waals surface area contributed by atoms with Crippen molar-refractivity contribution in [3.8, 4) is 0 Å². The number of unbranched alkanes of at least 4 members (excludes halogenated alkanes) is 2. The number of imide groups is 1. The standard InChI is InChI=1S/C57H80N8O11/c1-9-35(2)52(62(6)51(71)34-59-57(74)53-42-25-26-44(36(42)3)65(53)38(5)66)46(75-7)32-50(70)63-30-16-19-45(63)54(76-8)37(4)55(72)61-43(31-39-17-12-10-13-18-39)56(73)60-41-23-21-40(22-24-41)33-58-47(67)20-14-11-15-29-64-48(68)27-28-49(64)69/h10,12-13,17-18,21-24,27-28,35-37,42-46,52-54H,9,11,14-16,19-20,25-26,29-34H2,1-8H3,(H,58,67)(H,59,74)(H,60,73)(H,61,72)/t35?,36?,37?,42?,43-,44?,45?,46?,52?,53?,54?/m0/s1. The minimum atomic E-state index is -0.979. The van der Waals surface area contributed by atoms with Gasteiger partial charge in [0.15, 0.2) is 0 Å². The number of methoxy groups -OCH3 is 2. The van der Waals surface area contributed by atoms with Crippen molar-refractivity contribution in [2.24, 2.45) is 23.7 Å². The Labute approximate surface area is 447 Å². The van der Waals surface area contributed by atoms with Crippen LogP contribution in [0.2, 0.25) is 0 Å². The van der Waals surface area contributed by atoms with Crippen LogP contribution in [-0.2, 0) is 65.6 Å². The van der Waals surface area contributed by atoms with E-state index in [0.717, 1.165) is 24.0 Å². The molecule has 19 heteroatoms. The quantitative estimate of drug-likeness (QED) is 0.0734. The number of anilines is 1. The summed E-state index contributed by atoms with van der Waals surface area (Å²) in [4.78, 5) is 125. The molecule has 414 valence electrons. The maximum atomic E-state index is 14.4. The third-order valence-corrected chi connectivity index (χ3v) is 16.3. The van der Waals surface area contributed by atoms with Gasteiger partial charge < -0.3 is 45.4 Å². The molecule has 1 saturated carbocycles. The van der Waals surface area contributed by atoms with Crippen molar-refractivity contribution in [1.82, 2.24) is 35.6 Å². The van der Waals surface area contributed by atoms with E-state index < -0.39 is 54.1 Å². The number of carbonyl (C=O) groups excluding carboxylic acids is 9. The van der Waals surface area contributed by atoms with E-state index in [0.29, 0.717) is 63.7 Å². The van der Waals surface area contributed by atoms with Gasteiger partial charge in [-0.15, -0.1) is 0 Å². The third-order valence-electron chi connectivity index (χ3n) is 16.3. The normalized spacial score (nSPS) is 22.2. The van der Waals surface area contributed by atoms with Crippen LogP contribution in [0.15, 0.2) is 66.7 Å². The van der Waals surface area contributed by atoms with Crippen molar-refractivity contribution in [2.75, 3.05) is 46.2 Å². The summed E-state index contributed by atoms with van der Waals surface area (Å²) in [7, 11) is 4.69. The van der Waals surface area contributed by atoms with Crippen molar-refractivity contribution >= 4 is 58.9 Å². The summed E-state index contributed by atoms with van der Waals surface area (Å²) in [5, 5.41) is 11.6. The van der Waals surface area contributed by atoms with Gasteiger partial charge >= 0.3 is 0 Å². The molecule has 4 aliphatic rings. The van der Waals surface area contributed by atoms with Crippen molar-refractivity contribution in [1.29, 1.82) is 0 Å². The second kappa shape index (κ2) is 27.5. The molecule has 11 atom stereocenters. The monoisotopic (exact) mass is 1050 g/mol. The first-order valence-corrected chi connectivity index (χ1v) is 27.1. The summed E-state index contributed by atoms with van der Waals surface area (Å²) in [6, 6.07) is 13.8. The molecule has 4 N–H and O–H groups in total. The van der Waals surface area contributed by atoms with Crippen LogP contribution >= 0.6 is 0 Å². The highest BCUT2D eigenvalue weighted by Gasteiger charge is 2.55. The van der Waals surface area contributed by atoms with Gasteiger partial charge in [-0.05, 0) is 79.5 Å². The SMILES string of the molecule is CCC(C)C(C(CC(=O)N1CCCC1C(OC)C(C)C(=O)N[C@@H](Cc1ccccc1)C(=O)Nc1ccc(CNC(=O)CCCCCN2C(=O)C=CC2=O)cc1)OC)N(C)C(=O)CNC(=O)C1C2CCC(C2C)N1C(C)=O. The predicted octanol–water partition coefficient (Wildman–Crippen LogP) is 4.14. The van der Waals surface area contributed by atoms with Crippen molar-refractivity contribution in [3.05, 3.63) is 77.9 Å². The number of nitrogens with zero attached hydrogens (tertiary/aromatic N) is 4. The third kappa shape index (κ3) is 14.5. The lowest BCUT2D eigenvalue weighted by Crippen LogP contribution is -2.56. The van der Waals surface area contributed by atoms with Gasteiger partial charge in [-0.25, -0.2) is 0 Å². The summed E-state index contributed by atoms with van der Waals surface area (Å²) in [6.07, 6.45) is 7.10. The molecular formula is C57H80N8O11. The van der Waals surface area contributed by atoms with Crippen LogP contribution in [0.5, 0.6) is 0 Å². The molecule has 0 radical (unpaired) electrons. The lowest BCUT2D eigenvalue weighted by atomic mass is 9.90. The molecule has 6 rings (SSSR count). The zero-order valence-corrected chi connectivity index (χ0v) is 45.6. The number of amides is 9. The molecule has 19 nitrogen and oxygen atoms in total. The first-order valence-electron chi connectivity index (χ1n) is 27.1. The highest BCUT2D eigenvalue weighted by molar-refractivity contribution is 6.12. The number of piperidine rings is 1. The number of hydrogen-bond acceptors (Lipinski definition) is 11. The Balaban J connectivity index is 1.03. The Kier molecular flexibility index (Phi) is 21.3. The van der Waals surface area contributed by atoms with Gasteiger partial charge in [0.25, 0.3) is 11.8 Å². The molecule has 2 aromatic carbocycles. The lowest BCUT2D eigenvalue weighted by Gasteiger charge is -2.39. The van der Waals surface area contributed by atoms with Gasteiger partial charge in [-0.2, -0.15) is 0 Å². The maximum Gasteiger partial charge on any atom is 0.253 e. The van der Waals surface area contributed by atoms with Crippen LogP contribution in [-0.4, -0.2) is 156 Å². The van der Waals surface area contributed by atoms with E-state index in [9.17, 15) is 43.2 Å². The molecule has 2 aromatic rings. The Morgan fingerprint density at radius 3 is 2.17 bits per heavy atom. The number of ether oxygens (including phenoxy) is 2. The average molecular weight is 1050 g/mol. The Hall–Kier alpha value is -6.47. The topological polar surface area (TPSA) is 233 Å². The Morgan fingerprint density at radius 1 is 0.829 bits per heavy atom. The van der Waals surface area contributed by atoms with E-state index in [1.54, 1.807) is 52.9 Å². The molecule has 1 aliphatic carbocycles. The molecule has 9 amide bonds. The van der Waals surface area contributed by atoms with Gasteiger partial charge in [0.2, 0.25) is 41.4 Å². The van der Waals surface area contributed by atoms with Gasteiger partial charge in [-0.3, -0.25) is 48.1 Å². The van der Waals surface area contributed by atoms with Crippen molar-refractivity contribution in [3.63, 3.8) is 0 Å². The molecular weight excluding hydrogens is 973 g/mol. The molecule has 0 aromatic heterocycles. The van der Waals surface area contributed by atoms with Gasteiger partial charge in [0.05, 0.1) is 43.2 Å². The Morgan fingerprint density at radius 2 is 1.53 bits per heavy atom. The number of likely N-dealkylation sites (N-methyl/N-ethyl adjacent to an activating group) is 1. The van der Waals surface area contributed by atoms with Crippen LogP contribution in [0.25, 0.3) is 0 Å². The van der Waals surface area contributed by atoms with Crippen LogP contribution in [0.4, 0.5) is 5.69 Å². The lowest BCUT2D eigenvalue weighted by molar-refractivity contribution is -0.146. The van der Waals surface area contributed by atoms with E-state index in [1.165, 1.54) is 38.2 Å². The van der Waals surface area contributed by atoms with Gasteiger partial charge in [0.1, 0.15) is 12.1 Å². The number of hydrogen-bond donors (Lipinski definition) is 4. The van der Waals surface area contributed by atoms with E-state index in [1.807, 2.05) is 44.2 Å². The average Bonchev–Trinajstić information content (AvgIpc) is 4.22. The fraction of sp³-hybridized carbons (Fsp3) is 0.596. The highest BCUT2D eigenvalue weighted by Crippen LogP contribution is 2.47. The van der Waals surface area contributed by atoms with Crippen LogP contribution < -0.4 is 21.3 Å². The number of carbonyl (C=O) groups is 9. The summed E-state index contributed by atoms with van der Waals surface area (Å²) >= 11 is 0. The summed E-state index contributed by atoms with van der Waals surface area (Å²) in [5.74, 6) is -3.28. The van der Waals surface area contributed by atoms with E-state index in [2.05, 4.69) is 28.2 Å². The number of fused-ring (bicyclic) bond motifs is 2. The first-order chi connectivity index (χ1) is 36.4.